The Morgan fingerprint density at radius 3 is 2.86 bits per heavy atom. The lowest BCUT2D eigenvalue weighted by Crippen LogP contribution is -2.19. The lowest BCUT2D eigenvalue weighted by Gasteiger charge is -2.08. The first kappa shape index (κ1) is 15.6. The van der Waals surface area contributed by atoms with Crippen molar-refractivity contribution in [3.05, 3.63) is 29.8 Å². The number of methoxy groups -OCH3 is 1. The van der Waals surface area contributed by atoms with Crippen molar-refractivity contribution in [2.45, 2.75) is 19.4 Å². The number of rotatable bonds is 6. The van der Waals surface area contributed by atoms with Gasteiger partial charge in [0, 0.05) is 5.75 Å². The van der Waals surface area contributed by atoms with Gasteiger partial charge in [0.05, 0.1) is 30.7 Å². The van der Waals surface area contributed by atoms with Crippen molar-refractivity contribution >= 4 is 28.6 Å². The molecule has 0 N–H and O–H groups in total. The molecular formula is C15H17NO4S. The standard InChI is InChI=1S/C15H17NO4S/c1-3-20-13-7-5-4-6-10(13)12(17)8-14-16-11(9-21-14)15(18)19-2/h4-7,11H,3,8-9H2,1-2H3. The Morgan fingerprint density at radius 2 is 2.14 bits per heavy atom. The van der Waals surface area contributed by atoms with Crippen molar-refractivity contribution in [2.75, 3.05) is 19.5 Å². The Balaban J connectivity index is 2.07. The highest BCUT2D eigenvalue weighted by atomic mass is 32.2. The van der Waals surface area contributed by atoms with E-state index in [0.29, 0.717) is 28.7 Å². The number of carbonyl (C=O) groups excluding carboxylic acids is 2. The Kier molecular flexibility index (Phi) is 5.38. The van der Waals surface area contributed by atoms with Crippen molar-refractivity contribution in [3.8, 4) is 5.75 Å². The molecule has 5 nitrogen and oxygen atoms in total. The second-order valence-electron chi connectivity index (χ2n) is 4.40. The average molecular weight is 307 g/mol. The highest BCUT2D eigenvalue weighted by Crippen LogP contribution is 2.25. The van der Waals surface area contributed by atoms with Crippen molar-refractivity contribution < 1.29 is 19.1 Å². The Bertz CT molecular complexity index is 571. The van der Waals surface area contributed by atoms with Gasteiger partial charge in [0.25, 0.3) is 0 Å². The molecule has 0 radical (unpaired) electrons. The van der Waals surface area contributed by atoms with Crippen LogP contribution in [0.2, 0.25) is 0 Å². The number of hydrogen-bond donors (Lipinski definition) is 0. The van der Waals surface area contributed by atoms with Crippen molar-refractivity contribution in [1.82, 2.24) is 0 Å². The molecule has 1 aromatic carbocycles. The molecule has 0 aromatic heterocycles. The molecule has 0 bridgehead atoms. The van der Waals surface area contributed by atoms with Gasteiger partial charge >= 0.3 is 5.97 Å². The molecule has 1 aromatic rings. The fraction of sp³-hybridized carbons (Fsp3) is 0.400. The molecule has 1 heterocycles. The zero-order chi connectivity index (χ0) is 15.2. The smallest absolute Gasteiger partial charge is 0.331 e. The first-order valence-electron chi connectivity index (χ1n) is 6.68. The average Bonchev–Trinajstić information content (AvgIpc) is 2.95. The van der Waals surface area contributed by atoms with Crippen LogP contribution < -0.4 is 4.74 Å². The van der Waals surface area contributed by atoms with E-state index in [1.807, 2.05) is 13.0 Å². The first-order valence-corrected chi connectivity index (χ1v) is 7.66. The van der Waals surface area contributed by atoms with Gasteiger partial charge < -0.3 is 9.47 Å². The third kappa shape index (κ3) is 3.85. The number of aliphatic imine (C=N–C) groups is 1. The summed E-state index contributed by atoms with van der Waals surface area (Å²) in [5.74, 6) is 0.691. The van der Waals surface area contributed by atoms with Crippen LogP contribution in [0.3, 0.4) is 0 Å². The number of carbonyl (C=O) groups is 2. The number of para-hydroxylation sites is 1. The molecule has 1 atom stereocenters. The lowest BCUT2D eigenvalue weighted by molar-refractivity contribution is -0.141. The minimum atomic E-state index is -0.495. The topological polar surface area (TPSA) is 65.0 Å². The summed E-state index contributed by atoms with van der Waals surface area (Å²) < 4.78 is 10.1. The molecule has 21 heavy (non-hydrogen) atoms. The molecule has 0 fully saturated rings. The van der Waals surface area contributed by atoms with Gasteiger partial charge in [0.15, 0.2) is 11.8 Å². The van der Waals surface area contributed by atoms with Crippen molar-refractivity contribution in [2.24, 2.45) is 4.99 Å². The number of ether oxygens (including phenoxy) is 2. The first-order chi connectivity index (χ1) is 10.2. The summed E-state index contributed by atoms with van der Waals surface area (Å²) in [7, 11) is 1.34. The van der Waals surface area contributed by atoms with Gasteiger partial charge in [0.1, 0.15) is 5.75 Å². The Labute approximate surface area is 127 Å². The van der Waals surface area contributed by atoms with Crippen LogP contribution in [0.25, 0.3) is 0 Å². The largest absolute Gasteiger partial charge is 0.493 e. The summed E-state index contributed by atoms with van der Waals surface area (Å²) >= 11 is 1.42. The van der Waals surface area contributed by atoms with Gasteiger partial charge in [-0.05, 0) is 19.1 Å². The summed E-state index contributed by atoms with van der Waals surface area (Å²) in [6.45, 7) is 2.38. The third-order valence-corrected chi connectivity index (χ3v) is 4.05. The van der Waals surface area contributed by atoms with E-state index in [2.05, 4.69) is 9.73 Å². The minimum Gasteiger partial charge on any atom is -0.493 e. The number of nitrogens with zero attached hydrogens (tertiary/aromatic N) is 1. The fourth-order valence-electron chi connectivity index (χ4n) is 1.99. The molecule has 1 unspecified atom stereocenters. The summed E-state index contributed by atoms with van der Waals surface area (Å²) in [5, 5.41) is 0.668. The molecule has 2 rings (SSSR count). The monoisotopic (exact) mass is 307 g/mol. The highest BCUT2D eigenvalue weighted by Gasteiger charge is 2.27. The number of benzene rings is 1. The predicted molar refractivity (Wildman–Crippen MR) is 82.3 cm³/mol. The number of Topliss-reactive ketones (excluding diaryl/α,β-unsaturated/α-hetero) is 1. The van der Waals surface area contributed by atoms with E-state index < -0.39 is 6.04 Å². The molecule has 0 aliphatic carbocycles. The third-order valence-electron chi connectivity index (χ3n) is 2.98. The zero-order valence-corrected chi connectivity index (χ0v) is 12.8. The van der Waals surface area contributed by atoms with Crippen molar-refractivity contribution in [1.29, 1.82) is 0 Å². The van der Waals surface area contributed by atoms with E-state index in [1.54, 1.807) is 18.2 Å². The molecule has 1 aliphatic heterocycles. The maximum Gasteiger partial charge on any atom is 0.331 e. The van der Waals surface area contributed by atoms with Gasteiger partial charge in [0.2, 0.25) is 0 Å². The van der Waals surface area contributed by atoms with Crippen LogP contribution in [0.1, 0.15) is 23.7 Å². The molecule has 0 saturated carbocycles. The Hall–Kier alpha value is -1.82. The molecule has 0 amide bonds. The zero-order valence-electron chi connectivity index (χ0n) is 12.0. The number of esters is 1. The van der Waals surface area contributed by atoms with E-state index in [1.165, 1.54) is 18.9 Å². The SMILES string of the molecule is CCOc1ccccc1C(=O)CC1=NC(C(=O)OC)CS1. The van der Waals surface area contributed by atoms with Crippen LogP contribution in [0.5, 0.6) is 5.75 Å². The van der Waals surface area contributed by atoms with Crippen LogP contribution in [0.15, 0.2) is 29.3 Å². The van der Waals surface area contributed by atoms with Gasteiger partial charge in [-0.3, -0.25) is 9.79 Å². The lowest BCUT2D eigenvalue weighted by atomic mass is 10.1. The number of ketones is 1. The summed E-state index contributed by atoms with van der Waals surface area (Å²) in [5.41, 5.74) is 0.546. The van der Waals surface area contributed by atoms with Crippen LogP contribution in [0, 0.1) is 0 Å². The van der Waals surface area contributed by atoms with Gasteiger partial charge in [-0.25, -0.2) is 4.79 Å². The highest BCUT2D eigenvalue weighted by molar-refractivity contribution is 8.14. The maximum atomic E-state index is 12.4. The van der Waals surface area contributed by atoms with Gasteiger partial charge in [-0.15, -0.1) is 11.8 Å². The predicted octanol–water partition coefficient (Wildman–Crippen LogP) is 2.35. The second-order valence-corrected chi connectivity index (χ2v) is 5.50. The second kappa shape index (κ2) is 7.26. The van der Waals surface area contributed by atoms with Crippen LogP contribution >= 0.6 is 11.8 Å². The molecule has 0 spiro atoms. The molecule has 112 valence electrons. The van der Waals surface area contributed by atoms with E-state index in [9.17, 15) is 9.59 Å². The van der Waals surface area contributed by atoms with Crippen molar-refractivity contribution in [3.63, 3.8) is 0 Å². The van der Waals surface area contributed by atoms with Gasteiger partial charge in [-0.2, -0.15) is 0 Å². The molecule has 0 saturated heterocycles. The quantitative estimate of drug-likeness (QED) is 0.596. The normalized spacial score (nSPS) is 17.2. The van der Waals surface area contributed by atoms with Gasteiger partial charge in [-0.1, -0.05) is 12.1 Å². The fourth-order valence-corrected chi connectivity index (χ4v) is 2.98. The molecule has 6 heteroatoms. The van der Waals surface area contributed by atoms with Crippen LogP contribution in [-0.4, -0.2) is 42.3 Å². The van der Waals surface area contributed by atoms with E-state index >= 15 is 0 Å². The molecule has 1 aliphatic rings. The number of hydrogen-bond acceptors (Lipinski definition) is 6. The molecular weight excluding hydrogens is 290 g/mol. The minimum absolute atomic E-state index is 0.0594. The summed E-state index contributed by atoms with van der Waals surface area (Å²) in [6.07, 6.45) is 0.183. The van der Waals surface area contributed by atoms with Crippen LogP contribution in [0.4, 0.5) is 0 Å². The summed E-state index contributed by atoms with van der Waals surface area (Å²) in [6, 6.07) is 6.65. The van der Waals surface area contributed by atoms with E-state index in [0.717, 1.165) is 0 Å². The van der Waals surface area contributed by atoms with E-state index in [-0.39, 0.29) is 18.2 Å². The van der Waals surface area contributed by atoms with E-state index in [4.69, 9.17) is 4.74 Å². The Morgan fingerprint density at radius 1 is 1.38 bits per heavy atom. The number of thioether (sulfide) groups is 1. The van der Waals surface area contributed by atoms with Crippen LogP contribution in [-0.2, 0) is 9.53 Å². The summed E-state index contributed by atoms with van der Waals surface area (Å²) in [4.78, 5) is 28.0. The maximum absolute atomic E-state index is 12.4.